The number of ether oxygens (including phenoxy) is 1. The Morgan fingerprint density at radius 2 is 2.41 bits per heavy atom. The standard InChI is InChI=1S/C11H14N2O4/c1-16-11(15)8-2-3-10(17-8)13-6-7(5-12)4-9(13)14/h2-3,7H,4-6,12H2,1H3. The van der Waals surface area contributed by atoms with E-state index in [4.69, 9.17) is 10.2 Å². The molecule has 17 heavy (non-hydrogen) atoms. The van der Waals surface area contributed by atoms with Crippen molar-refractivity contribution in [3.63, 3.8) is 0 Å². The Labute approximate surface area is 98.3 Å². The number of amides is 1. The van der Waals surface area contributed by atoms with Gasteiger partial charge in [0.25, 0.3) is 0 Å². The van der Waals surface area contributed by atoms with Gasteiger partial charge >= 0.3 is 5.97 Å². The topological polar surface area (TPSA) is 85.8 Å². The Kier molecular flexibility index (Phi) is 3.14. The molecule has 1 aliphatic heterocycles. The van der Waals surface area contributed by atoms with Crippen LogP contribution in [0.25, 0.3) is 0 Å². The minimum Gasteiger partial charge on any atom is -0.463 e. The molecule has 1 amide bonds. The minimum atomic E-state index is -0.557. The summed E-state index contributed by atoms with van der Waals surface area (Å²) in [4.78, 5) is 24.4. The molecule has 1 aliphatic rings. The summed E-state index contributed by atoms with van der Waals surface area (Å²) in [6.07, 6.45) is 0.421. The molecule has 1 saturated heterocycles. The van der Waals surface area contributed by atoms with Crippen molar-refractivity contribution in [2.75, 3.05) is 25.1 Å². The summed E-state index contributed by atoms with van der Waals surface area (Å²) in [5.74, 6) is 0.0107. The Hall–Kier alpha value is -1.82. The van der Waals surface area contributed by atoms with Crippen molar-refractivity contribution in [2.45, 2.75) is 6.42 Å². The molecule has 6 nitrogen and oxygen atoms in total. The molecule has 2 rings (SSSR count). The van der Waals surface area contributed by atoms with Gasteiger partial charge < -0.3 is 14.9 Å². The van der Waals surface area contributed by atoms with E-state index in [0.29, 0.717) is 25.4 Å². The van der Waals surface area contributed by atoms with E-state index < -0.39 is 5.97 Å². The van der Waals surface area contributed by atoms with Crippen molar-refractivity contribution in [3.8, 4) is 0 Å². The maximum absolute atomic E-state index is 11.7. The normalized spacial score (nSPS) is 19.8. The summed E-state index contributed by atoms with van der Waals surface area (Å²) >= 11 is 0. The third-order valence-corrected chi connectivity index (χ3v) is 2.78. The molecule has 0 aliphatic carbocycles. The number of nitrogens with zero attached hydrogens (tertiary/aromatic N) is 1. The number of nitrogens with two attached hydrogens (primary N) is 1. The van der Waals surface area contributed by atoms with Crippen molar-refractivity contribution in [2.24, 2.45) is 11.7 Å². The second kappa shape index (κ2) is 4.58. The maximum Gasteiger partial charge on any atom is 0.374 e. The zero-order valence-electron chi connectivity index (χ0n) is 9.51. The van der Waals surface area contributed by atoms with Gasteiger partial charge in [-0.25, -0.2) is 4.79 Å². The summed E-state index contributed by atoms with van der Waals surface area (Å²) in [6.45, 7) is 0.996. The zero-order valence-corrected chi connectivity index (χ0v) is 9.51. The average Bonchev–Trinajstić information content (AvgIpc) is 2.94. The number of hydrogen-bond acceptors (Lipinski definition) is 5. The number of carbonyl (C=O) groups excluding carboxylic acids is 2. The van der Waals surface area contributed by atoms with E-state index in [-0.39, 0.29) is 17.6 Å². The summed E-state index contributed by atoms with van der Waals surface area (Å²) in [5.41, 5.74) is 5.53. The van der Waals surface area contributed by atoms with Gasteiger partial charge in [0.2, 0.25) is 17.6 Å². The third kappa shape index (κ3) is 2.16. The van der Waals surface area contributed by atoms with Crippen LogP contribution in [0.15, 0.2) is 16.5 Å². The summed E-state index contributed by atoms with van der Waals surface area (Å²) in [5, 5.41) is 0. The zero-order chi connectivity index (χ0) is 12.4. The van der Waals surface area contributed by atoms with Gasteiger partial charge in [0.05, 0.1) is 7.11 Å². The molecule has 2 N–H and O–H groups in total. The lowest BCUT2D eigenvalue weighted by Gasteiger charge is -2.12. The number of carbonyl (C=O) groups is 2. The highest BCUT2D eigenvalue weighted by atomic mass is 16.5. The number of furan rings is 1. The number of methoxy groups -OCH3 is 1. The van der Waals surface area contributed by atoms with E-state index in [1.165, 1.54) is 18.1 Å². The van der Waals surface area contributed by atoms with Crippen molar-refractivity contribution in [3.05, 3.63) is 17.9 Å². The predicted octanol–water partition coefficient (Wildman–Crippen LogP) is 0.378. The molecule has 0 spiro atoms. The van der Waals surface area contributed by atoms with Crippen molar-refractivity contribution < 1.29 is 18.7 Å². The summed E-state index contributed by atoms with van der Waals surface area (Å²) in [7, 11) is 1.27. The molecule has 1 unspecified atom stereocenters. The van der Waals surface area contributed by atoms with Crippen LogP contribution in [0.4, 0.5) is 5.88 Å². The number of hydrogen-bond donors (Lipinski definition) is 1. The SMILES string of the molecule is COC(=O)c1ccc(N2CC(CN)CC2=O)o1. The van der Waals surface area contributed by atoms with E-state index >= 15 is 0 Å². The molecule has 1 aromatic heterocycles. The lowest BCUT2D eigenvalue weighted by atomic mass is 10.1. The highest BCUT2D eigenvalue weighted by molar-refractivity contribution is 5.95. The molecule has 92 valence electrons. The molecule has 1 fully saturated rings. The maximum atomic E-state index is 11.7. The van der Waals surface area contributed by atoms with E-state index in [9.17, 15) is 9.59 Å². The monoisotopic (exact) mass is 238 g/mol. The van der Waals surface area contributed by atoms with Crippen LogP contribution in [0.3, 0.4) is 0 Å². The molecule has 1 aromatic rings. The predicted molar refractivity (Wildman–Crippen MR) is 59.6 cm³/mol. The van der Waals surface area contributed by atoms with Crippen molar-refractivity contribution >= 4 is 17.8 Å². The Balaban J connectivity index is 2.15. The van der Waals surface area contributed by atoms with Gasteiger partial charge in [0.15, 0.2) is 0 Å². The van der Waals surface area contributed by atoms with Gasteiger partial charge in [-0.05, 0) is 18.5 Å². The van der Waals surface area contributed by atoms with Crippen molar-refractivity contribution in [1.29, 1.82) is 0 Å². The Morgan fingerprint density at radius 3 is 3.00 bits per heavy atom. The lowest BCUT2D eigenvalue weighted by Crippen LogP contribution is -2.25. The van der Waals surface area contributed by atoms with Gasteiger partial charge in [-0.15, -0.1) is 0 Å². The van der Waals surface area contributed by atoms with Crippen LogP contribution >= 0.6 is 0 Å². The number of esters is 1. The fourth-order valence-corrected chi connectivity index (χ4v) is 1.84. The molecular weight excluding hydrogens is 224 g/mol. The first-order valence-corrected chi connectivity index (χ1v) is 5.34. The van der Waals surface area contributed by atoms with Gasteiger partial charge in [-0.1, -0.05) is 0 Å². The van der Waals surface area contributed by atoms with Crippen LogP contribution in [-0.2, 0) is 9.53 Å². The van der Waals surface area contributed by atoms with E-state index in [1.54, 1.807) is 6.07 Å². The quantitative estimate of drug-likeness (QED) is 0.769. The van der Waals surface area contributed by atoms with Gasteiger partial charge in [0.1, 0.15) is 0 Å². The van der Waals surface area contributed by atoms with E-state index in [1.807, 2.05) is 0 Å². The molecule has 1 atom stereocenters. The molecule has 6 heteroatoms. The second-order valence-corrected chi connectivity index (χ2v) is 3.94. The molecule has 2 heterocycles. The molecule has 0 saturated carbocycles. The van der Waals surface area contributed by atoms with E-state index in [0.717, 1.165) is 0 Å². The number of anilines is 1. The van der Waals surface area contributed by atoms with Crippen LogP contribution in [0.5, 0.6) is 0 Å². The Bertz CT molecular complexity index is 440. The minimum absolute atomic E-state index is 0.0359. The molecule has 0 aromatic carbocycles. The van der Waals surface area contributed by atoms with Gasteiger partial charge in [-0.3, -0.25) is 9.69 Å². The second-order valence-electron chi connectivity index (χ2n) is 3.94. The van der Waals surface area contributed by atoms with Gasteiger partial charge in [0, 0.05) is 19.0 Å². The number of rotatable bonds is 3. The fraction of sp³-hybridized carbons (Fsp3) is 0.455. The third-order valence-electron chi connectivity index (χ3n) is 2.78. The van der Waals surface area contributed by atoms with Crippen molar-refractivity contribution in [1.82, 2.24) is 0 Å². The first kappa shape index (κ1) is 11.7. The first-order valence-electron chi connectivity index (χ1n) is 5.34. The molecule has 0 radical (unpaired) electrons. The molecular formula is C11H14N2O4. The highest BCUT2D eigenvalue weighted by Crippen LogP contribution is 2.26. The molecule has 0 bridgehead atoms. The van der Waals surface area contributed by atoms with Crippen LogP contribution in [0.1, 0.15) is 17.0 Å². The highest BCUT2D eigenvalue weighted by Gasteiger charge is 2.31. The lowest BCUT2D eigenvalue weighted by molar-refractivity contribution is -0.117. The van der Waals surface area contributed by atoms with Gasteiger partial charge in [-0.2, -0.15) is 0 Å². The first-order chi connectivity index (χ1) is 8.15. The average molecular weight is 238 g/mol. The van der Waals surface area contributed by atoms with Crippen LogP contribution in [0, 0.1) is 5.92 Å². The van der Waals surface area contributed by atoms with E-state index in [2.05, 4.69) is 4.74 Å². The van der Waals surface area contributed by atoms with Crippen LogP contribution in [-0.4, -0.2) is 32.1 Å². The summed E-state index contributed by atoms with van der Waals surface area (Å²) < 4.78 is 9.80. The largest absolute Gasteiger partial charge is 0.463 e. The van der Waals surface area contributed by atoms with Crippen LogP contribution in [0.2, 0.25) is 0 Å². The van der Waals surface area contributed by atoms with Crippen LogP contribution < -0.4 is 10.6 Å². The summed E-state index contributed by atoms with van der Waals surface area (Å²) in [6, 6.07) is 3.08. The smallest absolute Gasteiger partial charge is 0.374 e. The fourth-order valence-electron chi connectivity index (χ4n) is 1.84. The Morgan fingerprint density at radius 1 is 1.65 bits per heavy atom.